The Labute approximate surface area is 181 Å². The van der Waals surface area contributed by atoms with Crippen LogP contribution in [0.4, 0.5) is 0 Å². The number of carbonyl (C=O) groups excluding carboxylic acids is 1. The molecule has 1 aliphatic heterocycles. The number of rotatable bonds is 5. The molecule has 1 aromatic carbocycles. The van der Waals surface area contributed by atoms with E-state index in [1.54, 1.807) is 12.3 Å². The number of nitriles is 1. The molecular weight excluding hydrogens is 390 g/mol. The van der Waals surface area contributed by atoms with Crippen molar-refractivity contribution in [3.05, 3.63) is 35.8 Å². The molecule has 31 heavy (non-hydrogen) atoms. The zero-order chi connectivity index (χ0) is 21.5. The van der Waals surface area contributed by atoms with E-state index in [9.17, 15) is 10.1 Å². The molecule has 3 aromatic rings. The first-order valence-corrected chi connectivity index (χ1v) is 11.1. The van der Waals surface area contributed by atoms with Gasteiger partial charge in [-0.1, -0.05) is 0 Å². The van der Waals surface area contributed by atoms with Gasteiger partial charge in [-0.15, -0.1) is 0 Å². The Morgan fingerprint density at radius 1 is 1.35 bits per heavy atom. The summed E-state index contributed by atoms with van der Waals surface area (Å²) >= 11 is 0. The van der Waals surface area contributed by atoms with Crippen LogP contribution in [0.3, 0.4) is 0 Å². The molecule has 2 aromatic heterocycles. The van der Waals surface area contributed by atoms with Gasteiger partial charge < -0.3 is 14.6 Å². The maximum absolute atomic E-state index is 12.8. The SMILES string of the molecule is C[C@@H]1CC(n2c(CC(=O)N[C@H](C)C3CC3)nc3cnc4ccc(C#N)cc4c32)CCO1. The maximum atomic E-state index is 12.8. The van der Waals surface area contributed by atoms with Gasteiger partial charge >= 0.3 is 0 Å². The van der Waals surface area contributed by atoms with Crippen molar-refractivity contribution in [2.75, 3.05) is 6.61 Å². The highest BCUT2D eigenvalue weighted by molar-refractivity contribution is 6.03. The zero-order valence-corrected chi connectivity index (χ0v) is 18.0. The summed E-state index contributed by atoms with van der Waals surface area (Å²) in [5, 5.41) is 13.5. The molecule has 0 bridgehead atoms. The molecular formula is C24H27N5O2. The molecule has 7 nitrogen and oxygen atoms in total. The van der Waals surface area contributed by atoms with Crippen LogP contribution >= 0.6 is 0 Å². The predicted octanol–water partition coefficient (Wildman–Crippen LogP) is 3.65. The molecule has 3 heterocycles. The van der Waals surface area contributed by atoms with Crippen molar-refractivity contribution in [3.8, 4) is 6.07 Å². The molecule has 2 aliphatic rings. The summed E-state index contributed by atoms with van der Waals surface area (Å²) in [5.41, 5.74) is 3.14. The van der Waals surface area contributed by atoms with Crippen molar-refractivity contribution < 1.29 is 9.53 Å². The molecule has 160 valence electrons. The average Bonchev–Trinajstić information content (AvgIpc) is 3.54. The number of nitrogens with zero attached hydrogens (tertiary/aromatic N) is 4. The van der Waals surface area contributed by atoms with Crippen LogP contribution in [0.15, 0.2) is 24.4 Å². The first kappa shape index (κ1) is 20.0. The molecule has 1 saturated heterocycles. The Hall–Kier alpha value is -2.98. The smallest absolute Gasteiger partial charge is 0.227 e. The molecule has 1 amide bonds. The number of carbonyl (C=O) groups is 1. The van der Waals surface area contributed by atoms with Gasteiger partial charge in [0.15, 0.2) is 0 Å². The highest BCUT2D eigenvalue weighted by Gasteiger charge is 2.30. The Bertz CT molecular complexity index is 1190. The Balaban J connectivity index is 1.61. The predicted molar refractivity (Wildman–Crippen MR) is 117 cm³/mol. The van der Waals surface area contributed by atoms with Gasteiger partial charge in [0.1, 0.15) is 11.3 Å². The van der Waals surface area contributed by atoms with E-state index in [-0.39, 0.29) is 30.5 Å². The number of ether oxygens (including phenoxy) is 1. The zero-order valence-electron chi connectivity index (χ0n) is 18.0. The van der Waals surface area contributed by atoms with E-state index < -0.39 is 0 Å². The first-order valence-electron chi connectivity index (χ1n) is 11.1. The van der Waals surface area contributed by atoms with Crippen LogP contribution in [0.5, 0.6) is 0 Å². The molecule has 1 N–H and O–H groups in total. The molecule has 1 saturated carbocycles. The molecule has 7 heteroatoms. The number of hydrogen-bond acceptors (Lipinski definition) is 5. The minimum absolute atomic E-state index is 0.00560. The van der Waals surface area contributed by atoms with Crippen molar-refractivity contribution in [2.45, 2.75) is 64.1 Å². The molecule has 1 aliphatic carbocycles. The van der Waals surface area contributed by atoms with Crippen LogP contribution < -0.4 is 5.32 Å². The minimum Gasteiger partial charge on any atom is -0.378 e. The fourth-order valence-electron chi connectivity index (χ4n) is 4.78. The third-order valence-corrected chi connectivity index (χ3v) is 6.58. The van der Waals surface area contributed by atoms with Crippen molar-refractivity contribution in [3.63, 3.8) is 0 Å². The molecule has 0 spiro atoms. The third-order valence-electron chi connectivity index (χ3n) is 6.58. The Morgan fingerprint density at radius 3 is 2.94 bits per heavy atom. The second kappa shape index (κ2) is 7.93. The fraction of sp³-hybridized carbons (Fsp3) is 0.500. The molecule has 0 radical (unpaired) electrons. The number of imidazole rings is 1. The van der Waals surface area contributed by atoms with Gasteiger partial charge in [0, 0.05) is 24.1 Å². The monoisotopic (exact) mass is 417 g/mol. The van der Waals surface area contributed by atoms with Crippen molar-refractivity contribution in [1.29, 1.82) is 5.26 Å². The summed E-state index contributed by atoms with van der Waals surface area (Å²) in [7, 11) is 0. The quantitative estimate of drug-likeness (QED) is 0.684. The number of pyridine rings is 1. The topological polar surface area (TPSA) is 92.8 Å². The fourth-order valence-corrected chi connectivity index (χ4v) is 4.78. The lowest BCUT2D eigenvalue weighted by molar-refractivity contribution is -0.121. The van der Waals surface area contributed by atoms with Crippen molar-refractivity contribution >= 4 is 27.8 Å². The number of amides is 1. The van der Waals surface area contributed by atoms with E-state index in [0.29, 0.717) is 18.1 Å². The normalized spacial score (nSPS) is 22.4. The van der Waals surface area contributed by atoms with Crippen molar-refractivity contribution in [1.82, 2.24) is 19.9 Å². The van der Waals surface area contributed by atoms with Crippen molar-refractivity contribution in [2.24, 2.45) is 5.92 Å². The number of fused-ring (bicyclic) bond motifs is 3. The van der Waals surface area contributed by atoms with Crippen LogP contribution in [0.1, 0.15) is 57.0 Å². The largest absolute Gasteiger partial charge is 0.378 e. The number of hydrogen-bond donors (Lipinski definition) is 1. The summed E-state index contributed by atoms with van der Waals surface area (Å²) in [5.74, 6) is 1.37. The lowest BCUT2D eigenvalue weighted by atomic mass is 10.0. The van der Waals surface area contributed by atoms with Gasteiger partial charge in [0.2, 0.25) is 5.91 Å². The number of aromatic nitrogens is 3. The lowest BCUT2D eigenvalue weighted by Crippen LogP contribution is -2.36. The average molecular weight is 418 g/mol. The van der Waals surface area contributed by atoms with Crippen LogP contribution in [-0.2, 0) is 16.0 Å². The van der Waals surface area contributed by atoms with Gasteiger partial charge in [-0.3, -0.25) is 9.78 Å². The van der Waals surface area contributed by atoms with Crippen LogP contribution in [-0.4, -0.2) is 39.2 Å². The van der Waals surface area contributed by atoms with Crippen LogP contribution in [0.2, 0.25) is 0 Å². The van der Waals surface area contributed by atoms with Crippen LogP contribution in [0.25, 0.3) is 21.9 Å². The molecule has 3 atom stereocenters. The van der Waals surface area contributed by atoms with Gasteiger partial charge in [-0.05, 0) is 63.6 Å². The van der Waals surface area contributed by atoms with Crippen LogP contribution in [0, 0.1) is 17.2 Å². The molecule has 5 rings (SSSR count). The standard InChI is InChI=1S/C24H27N5O2/c1-14-9-18(7-8-31-14)29-22(11-23(30)27-15(2)17-4-5-17)28-21-13-26-20-6-3-16(12-25)10-19(20)24(21)29/h3,6,10,13-15,17-18H,4-5,7-9,11H2,1-2H3,(H,27,30)/t14-,15-,18?/m1/s1. The van der Waals surface area contributed by atoms with E-state index in [1.807, 2.05) is 12.1 Å². The molecule has 2 fully saturated rings. The Kier molecular flexibility index (Phi) is 5.11. The van der Waals surface area contributed by atoms with Gasteiger partial charge in [-0.2, -0.15) is 5.26 Å². The first-order chi connectivity index (χ1) is 15.0. The maximum Gasteiger partial charge on any atom is 0.227 e. The third kappa shape index (κ3) is 3.88. The van der Waals surface area contributed by atoms with Gasteiger partial charge in [-0.25, -0.2) is 4.98 Å². The van der Waals surface area contributed by atoms with E-state index in [4.69, 9.17) is 9.72 Å². The second-order valence-electron chi connectivity index (χ2n) is 8.96. The summed E-state index contributed by atoms with van der Waals surface area (Å²) in [6.45, 7) is 4.85. The van der Waals surface area contributed by atoms with E-state index in [1.165, 1.54) is 12.8 Å². The van der Waals surface area contributed by atoms with Gasteiger partial charge in [0.05, 0.1) is 41.4 Å². The minimum atomic E-state index is 0.00560. The number of benzene rings is 1. The molecule has 1 unspecified atom stereocenters. The second-order valence-corrected chi connectivity index (χ2v) is 8.96. The summed E-state index contributed by atoms with van der Waals surface area (Å²) in [6.07, 6.45) is 6.27. The van der Waals surface area contributed by atoms with E-state index >= 15 is 0 Å². The lowest BCUT2D eigenvalue weighted by Gasteiger charge is -2.30. The summed E-state index contributed by atoms with van der Waals surface area (Å²) in [6, 6.07) is 8.16. The summed E-state index contributed by atoms with van der Waals surface area (Å²) < 4.78 is 8.00. The van der Waals surface area contributed by atoms with E-state index in [0.717, 1.165) is 40.6 Å². The summed E-state index contributed by atoms with van der Waals surface area (Å²) in [4.78, 5) is 22.2. The number of nitrogens with one attached hydrogen (secondary N) is 1. The van der Waals surface area contributed by atoms with E-state index in [2.05, 4.69) is 34.8 Å². The highest BCUT2D eigenvalue weighted by atomic mass is 16.5. The highest BCUT2D eigenvalue weighted by Crippen LogP contribution is 2.34. The van der Waals surface area contributed by atoms with Gasteiger partial charge in [0.25, 0.3) is 0 Å². The Morgan fingerprint density at radius 2 is 2.19 bits per heavy atom.